The van der Waals surface area contributed by atoms with Crippen molar-refractivity contribution < 1.29 is 23.4 Å². The zero-order valence-corrected chi connectivity index (χ0v) is 21.5. The van der Waals surface area contributed by atoms with Gasteiger partial charge in [-0.1, -0.05) is 0 Å². The van der Waals surface area contributed by atoms with Crippen LogP contribution in [-0.4, -0.2) is 59.9 Å². The molecule has 202 valence electrons. The van der Waals surface area contributed by atoms with Gasteiger partial charge in [-0.3, -0.25) is 14.0 Å². The average Bonchev–Trinajstić information content (AvgIpc) is 3.72. The summed E-state index contributed by atoms with van der Waals surface area (Å²) in [4.78, 5) is 36.3. The Morgan fingerprint density at radius 1 is 1.10 bits per heavy atom. The molecule has 2 aromatic heterocycles. The fourth-order valence-electron chi connectivity index (χ4n) is 6.00. The quantitative estimate of drug-likeness (QED) is 0.420. The number of fused-ring (bicyclic) bond motifs is 4. The lowest BCUT2D eigenvalue weighted by Gasteiger charge is -2.23. The maximum absolute atomic E-state index is 14.0. The monoisotopic (exact) mass is 532 g/mol. The Kier molecular flexibility index (Phi) is 6.08. The summed E-state index contributed by atoms with van der Waals surface area (Å²) in [6.07, 6.45) is 4.73. The predicted molar refractivity (Wildman–Crippen MR) is 142 cm³/mol. The highest BCUT2D eigenvalue weighted by Crippen LogP contribution is 2.35. The largest absolute Gasteiger partial charge is 0.492 e. The van der Waals surface area contributed by atoms with Gasteiger partial charge in [-0.15, -0.1) is 0 Å². The van der Waals surface area contributed by atoms with Crippen LogP contribution in [0, 0.1) is 11.7 Å². The lowest BCUT2D eigenvalue weighted by atomic mass is 9.99. The first-order chi connectivity index (χ1) is 19.1. The van der Waals surface area contributed by atoms with Gasteiger partial charge in [0.1, 0.15) is 22.9 Å². The van der Waals surface area contributed by atoms with Gasteiger partial charge in [-0.05, 0) is 55.5 Å². The summed E-state index contributed by atoms with van der Waals surface area (Å²) in [5, 5.41) is 0. The first-order valence-corrected chi connectivity index (χ1v) is 13.5. The van der Waals surface area contributed by atoms with Crippen LogP contribution < -0.4 is 15.2 Å². The molecule has 39 heavy (non-hydrogen) atoms. The summed E-state index contributed by atoms with van der Waals surface area (Å²) in [6, 6.07) is 8.03. The van der Waals surface area contributed by atoms with Crippen molar-refractivity contribution in [2.24, 2.45) is 5.92 Å². The second-order valence-electron chi connectivity index (χ2n) is 10.6. The molecular formula is C29H29FN4O5. The number of halogens is 1. The molecule has 2 aromatic carbocycles. The van der Waals surface area contributed by atoms with Crippen LogP contribution in [0.3, 0.4) is 0 Å². The Labute approximate surface area is 223 Å². The standard InChI is InChI=1S/C29H29FN4O5/c30-20-1-2-23-19(11-20)3-7-33(23)29(36)21-12-22-24(13-26(21)39-16-17-4-8-38-15-17)34-25(28(35)32-22)14-31-27(34)18-5-9-37-10-6-18/h1-2,11-14,17-18H,3-10,15-16H2,(H,32,35). The molecule has 1 amide bonds. The van der Waals surface area contributed by atoms with Crippen molar-refractivity contribution in [1.29, 1.82) is 0 Å². The molecule has 3 aliphatic heterocycles. The van der Waals surface area contributed by atoms with Gasteiger partial charge in [0.15, 0.2) is 0 Å². The van der Waals surface area contributed by atoms with E-state index < -0.39 is 0 Å². The van der Waals surface area contributed by atoms with E-state index in [4.69, 9.17) is 14.2 Å². The van der Waals surface area contributed by atoms with Crippen LogP contribution in [0.25, 0.3) is 16.6 Å². The Hall–Kier alpha value is -3.76. The van der Waals surface area contributed by atoms with Crippen molar-refractivity contribution in [3.63, 3.8) is 0 Å². The Morgan fingerprint density at radius 3 is 2.77 bits per heavy atom. The topological polar surface area (TPSA) is 98.2 Å². The average molecular weight is 533 g/mol. The molecule has 10 heteroatoms. The van der Waals surface area contributed by atoms with Crippen LogP contribution in [-0.2, 0) is 15.9 Å². The number of nitrogens with zero attached hydrogens (tertiary/aromatic N) is 3. The number of nitrogens with one attached hydrogen (secondary N) is 1. The number of hydrogen-bond acceptors (Lipinski definition) is 6. The van der Waals surface area contributed by atoms with Crippen LogP contribution in [0.15, 0.2) is 41.3 Å². The van der Waals surface area contributed by atoms with Crippen molar-refractivity contribution in [3.05, 3.63) is 69.7 Å². The van der Waals surface area contributed by atoms with E-state index >= 15 is 0 Å². The fourth-order valence-corrected chi connectivity index (χ4v) is 6.00. The van der Waals surface area contributed by atoms with Crippen LogP contribution in [0.4, 0.5) is 10.1 Å². The normalized spacial score (nSPS) is 19.7. The molecule has 4 aromatic rings. The predicted octanol–water partition coefficient (Wildman–Crippen LogP) is 3.83. The fraction of sp³-hybridized carbons (Fsp3) is 0.414. The molecule has 0 saturated carbocycles. The van der Waals surface area contributed by atoms with Gasteiger partial charge >= 0.3 is 0 Å². The number of ether oxygens (including phenoxy) is 3. The van der Waals surface area contributed by atoms with E-state index in [1.807, 2.05) is 10.5 Å². The van der Waals surface area contributed by atoms with Gasteiger partial charge < -0.3 is 24.1 Å². The number of hydrogen-bond donors (Lipinski definition) is 1. The number of aromatic amines is 1. The lowest BCUT2D eigenvalue weighted by Crippen LogP contribution is -2.29. The van der Waals surface area contributed by atoms with E-state index in [1.165, 1.54) is 12.1 Å². The lowest BCUT2D eigenvalue weighted by molar-refractivity contribution is 0.0835. The van der Waals surface area contributed by atoms with Crippen LogP contribution in [0.2, 0.25) is 0 Å². The summed E-state index contributed by atoms with van der Waals surface area (Å²) < 4.78 is 33.1. The summed E-state index contributed by atoms with van der Waals surface area (Å²) >= 11 is 0. The van der Waals surface area contributed by atoms with E-state index in [0.29, 0.717) is 74.0 Å². The molecule has 1 unspecified atom stereocenters. The number of anilines is 1. The van der Waals surface area contributed by atoms with E-state index in [0.717, 1.165) is 36.2 Å². The zero-order valence-electron chi connectivity index (χ0n) is 21.5. The SMILES string of the molecule is O=C(c1cc2[nH]c(=O)c3cnc(C4CCOCC4)n3c2cc1OCC1CCOC1)N1CCc2cc(F)ccc21. The molecule has 0 aliphatic carbocycles. The van der Waals surface area contributed by atoms with Gasteiger partial charge in [0, 0.05) is 50.0 Å². The number of carbonyl (C=O) groups is 1. The van der Waals surface area contributed by atoms with Gasteiger partial charge in [-0.25, -0.2) is 9.37 Å². The molecule has 3 aliphatic rings. The highest BCUT2D eigenvalue weighted by atomic mass is 19.1. The number of H-pyrrole nitrogens is 1. The second kappa shape index (κ2) is 9.77. The van der Waals surface area contributed by atoms with Crippen molar-refractivity contribution in [1.82, 2.24) is 14.4 Å². The highest BCUT2D eigenvalue weighted by Gasteiger charge is 2.30. The Balaban J connectivity index is 1.36. The summed E-state index contributed by atoms with van der Waals surface area (Å²) in [7, 11) is 0. The molecule has 2 fully saturated rings. The zero-order chi connectivity index (χ0) is 26.5. The van der Waals surface area contributed by atoms with Gasteiger partial charge in [-0.2, -0.15) is 0 Å². The van der Waals surface area contributed by atoms with Gasteiger partial charge in [0.05, 0.1) is 36.0 Å². The molecule has 1 N–H and O–H groups in total. The third-order valence-electron chi connectivity index (χ3n) is 8.11. The molecule has 0 spiro atoms. The van der Waals surface area contributed by atoms with E-state index in [9.17, 15) is 14.0 Å². The third kappa shape index (κ3) is 4.28. The molecule has 0 bridgehead atoms. The molecule has 5 heterocycles. The number of aromatic nitrogens is 3. The minimum atomic E-state index is -0.321. The third-order valence-corrected chi connectivity index (χ3v) is 8.11. The smallest absolute Gasteiger partial charge is 0.274 e. The number of rotatable bonds is 5. The van der Waals surface area contributed by atoms with Gasteiger partial charge in [0.25, 0.3) is 11.5 Å². The molecule has 0 radical (unpaired) electrons. The molecular weight excluding hydrogens is 503 g/mol. The van der Waals surface area contributed by atoms with Crippen molar-refractivity contribution in [2.45, 2.75) is 31.6 Å². The first kappa shape index (κ1) is 24.3. The Bertz CT molecular complexity index is 1630. The molecule has 9 nitrogen and oxygen atoms in total. The minimum absolute atomic E-state index is 0.161. The number of imidazole rings is 1. The summed E-state index contributed by atoms with van der Waals surface area (Å²) in [5.41, 5.74) is 3.26. The minimum Gasteiger partial charge on any atom is -0.492 e. The van der Waals surface area contributed by atoms with Gasteiger partial charge in [0.2, 0.25) is 0 Å². The summed E-state index contributed by atoms with van der Waals surface area (Å²) in [6.45, 7) is 3.48. The number of carbonyl (C=O) groups excluding carboxylic acids is 1. The van der Waals surface area contributed by atoms with Crippen LogP contribution in [0.5, 0.6) is 5.75 Å². The second-order valence-corrected chi connectivity index (χ2v) is 10.6. The maximum atomic E-state index is 14.0. The van der Waals surface area contributed by atoms with Crippen molar-refractivity contribution in [3.8, 4) is 5.75 Å². The van der Waals surface area contributed by atoms with E-state index in [1.54, 1.807) is 23.2 Å². The highest BCUT2D eigenvalue weighted by molar-refractivity contribution is 6.10. The first-order valence-electron chi connectivity index (χ1n) is 13.5. The van der Waals surface area contributed by atoms with Crippen LogP contribution in [0.1, 0.15) is 46.9 Å². The van der Waals surface area contributed by atoms with Crippen LogP contribution >= 0.6 is 0 Å². The summed E-state index contributed by atoms with van der Waals surface area (Å²) in [5.74, 6) is 1.08. The molecule has 1 atom stereocenters. The maximum Gasteiger partial charge on any atom is 0.274 e. The van der Waals surface area contributed by atoms with E-state index in [-0.39, 0.29) is 29.1 Å². The number of amides is 1. The van der Waals surface area contributed by atoms with E-state index in [2.05, 4.69) is 9.97 Å². The molecule has 7 rings (SSSR count). The van der Waals surface area contributed by atoms with Crippen molar-refractivity contribution in [2.75, 3.05) is 44.5 Å². The Morgan fingerprint density at radius 2 is 1.95 bits per heavy atom. The molecule has 2 saturated heterocycles. The number of benzene rings is 2. The van der Waals surface area contributed by atoms with Crippen molar-refractivity contribution >= 4 is 28.1 Å².